The van der Waals surface area contributed by atoms with Crippen molar-refractivity contribution >= 4 is 27.9 Å². The third-order valence-corrected chi connectivity index (χ3v) is 4.16. The predicted molar refractivity (Wildman–Crippen MR) is 79.6 cm³/mol. The average molecular weight is 310 g/mol. The maximum absolute atomic E-state index is 11.2. The van der Waals surface area contributed by atoms with Crippen LogP contribution in [0.5, 0.6) is 0 Å². The van der Waals surface area contributed by atoms with Crippen LogP contribution < -0.4 is 4.90 Å². The van der Waals surface area contributed by atoms with Crippen molar-refractivity contribution in [1.29, 1.82) is 0 Å². The van der Waals surface area contributed by atoms with E-state index in [-0.39, 0.29) is 6.04 Å². The van der Waals surface area contributed by atoms with E-state index in [1.54, 1.807) is 0 Å². The van der Waals surface area contributed by atoms with E-state index >= 15 is 0 Å². The molecule has 0 radical (unpaired) electrons. The number of nitrogens with zero attached hydrogens (tertiary/aromatic N) is 1. The van der Waals surface area contributed by atoms with Crippen LogP contribution in [0.4, 0.5) is 5.69 Å². The first-order valence-electron chi connectivity index (χ1n) is 6.72. The summed E-state index contributed by atoms with van der Waals surface area (Å²) in [5.74, 6) is 0. The second-order valence-electron chi connectivity index (χ2n) is 4.81. The molecule has 0 aliphatic carbocycles. The molecule has 0 bridgehead atoms. The zero-order valence-corrected chi connectivity index (χ0v) is 12.2. The van der Waals surface area contributed by atoms with Crippen molar-refractivity contribution in [2.45, 2.75) is 38.1 Å². The number of aryl methyl sites for hydroxylation is 1. The summed E-state index contributed by atoms with van der Waals surface area (Å²) in [6.07, 6.45) is 6.68. The van der Waals surface area contributed by atoms with E-state index in [1.807, 2.05) is 0 Å². The second-order valence-corrected chi connectivity index (χ2v) is 5.61. The maximum atomic E-state index is 11.2. The summed E-state index contributed by atoms with van der Waals surface area (Å²) in [6, 6.07) is 8.56. The van der Waals surface area contributed by atoms with Gasteiger partial charge in [0.05, 0.1) is 6.04 Å². The molecule has 1 aliphatic rings. The fourth-order valence-corrected chi connectivity index (χ4v) is 3.02. The van der Waals surface area contributed by atoms with Gasteiger partial charge in [-0.15, -0.1) is 0 Å². The van der Waals surface area contributed by atoms with Crippen molar-refractivity contribution in [2.75, 3.05) is 16.8 Å². The number of fused-ring (bicyclic) bond motifs is 1. The molecule has 1 aromatic rings. The van der Waals surface area contributed by atoms with Gasteiger partial charge in [-0.3, -0.25) is 0 Å². The zero-order chi connectivity index (χ0) is 12.8. The summed E-state index contributed by atoms with van der Waals surface area (Å²) in [7, 11) is 0. The van der Waals surface area contributed by atoms with E-state index in [9.17, 15) is 4.79 Å². The molecular weight excluding hydrogens is 290 g/mol. The SMILES string of the molecule is O=CC1CCc2ccccc2N1CCCCCBr. The number of alkyl halides is 1. The lowest BCUT2D eigenvalue weighted by molar-refractivity contribution is -0.109. The van der Waals surface area contributed by atoms with Crippen LogP contribution in [0.15, 0.2) is 24.3 Å². The summed E-state index contributed by atoms with van der Waals surface area (Å²) < 4.78 is 0. The van der Waals surface area contributed by atoms with Gasteiger partial charge >= 0.3 is 0 Å². The molecular formula is C15H20BrNO. The van der Waals surface area contributed by atoms with Gasteiger partial charge in [-0.25, -0.2) is 0 Å². The van der Waals surface area contributed by atoms with Crippen LogP contribution in [-0.2, 0) is 11.2 Å². The van der Waals surface area contributed by atoms with Crippen LogP contribution in [0.25, 0.3) is 0 Å². The van der Waals surface area contributed by atoms with Crippen LogP contribution in [-0.4, -0.2) is 24.2 Å². The van der Waals surface area contributed by atoms with Crippen molar-refractivity contribution in [3.63, 3.8) is 0 Å². The van der Waals surface area contributed by atoms with Gasteiger partial charge in [0.1, 0.15) is 6.29 Å². The van der Waals surface area contributed by atoms with Crippen LogP contribution in [0, 0.1) is 0 Å². The molecule has 0 saturated heterocycles. The van der Waals surface area contributed by atoms with Crippen LogP contribution in [0.2, 0.25) is 0 Å². The molecule has 0 saturated carbocycles. The van der Waals surface area contributed by atoms with E-state index in [2.05, 4.69) is 45.1 Å². The van der Waals surface area contributed by atoms with Gasteiger partial charge in [-0.2, -0.15) is 0 Å². The lowest BCUT2D eigenvalue weighted by atomic mass is 9.96. The Hall–Kier alpha value is -0.830. The first-order valence-corrected chi connectivity index (χ1v) is 7.84. The Morgan fingerprint density at radius 2 is 2.11 bits per heavy atom. The summed E-state index contributed by atoms with van der Waals surface area (Å²) in [6.45, 7) is 0.993. The van der Waals surface area contributed by atoms with E-state index in [0.717, 1.165) is 37.4 Å². The molecule has 2 rings (SSSR count). The van der Waals surface area contributed by atoms with E-state index in [4.69, 9.17) is 0 Å². The molecule has 0 aromatic heterocycles. The Morgan fingerprint density at radius 1 is 1.28 bits per heavy atom. The number of carbonyl (C=O) groups excluding carboxylic acids is 1. The molecule has 0 spiro atoms. The van der Waals surface area contributed by atoms with Gasteiger partial charge in [0, 0.05) is 17.6 Å². The average Bonchev–Trinajstić information content (AvgIpc) is 2.43. The summed E-state index contributed by atoms with van der Waals surface area (Å²) in [5, 5.41) is 1.07. The van der Waals surface area contributed by atoms with Gasteiger partial charge < -0.3 is 9.69 Å². The normalized spacial score (nSPS) is 18.5. The lowest BCUT2D eigenvalue weighted by Crippen LogP contribution is -2.41. The van der Waals surface area contributed by atoms with Gasteiger partial charge in [-0.1, -0.05) is 40.5 Å². The second kappa shape index (κ2) is 6.93. The van der Waals surface area contributed by atoms with Crippen molar-refractivity contribution in [1.82, 2.24) is 0 Å². The Balaban J connectivity index is 2.06. The highest BCUT2D eigenvalue weighted by Crippen LogP contribution is 2.30. The lowest BCUT2D eigenvalue weighted by Gasteiger charge is -2.36. The standard InChI is InChI=1S/C15H20BrNO/c16-10-4-1-5-11-17-14(12-18)9-8-13-6-2-3-7-15(13)17/h2-3,6-7,12,14H,1,4-5,8-11H2. The van der Waals surface area contributed by atoms with Gasteiger partial charge in [0.15, 0.2) is 0 Å². The predicted octanol–water partition coefficient (Wildman–Crippen LogP) is 3.57. The molecule has 3 heteroatoms. The number of aldehydes is 1. The number of benzene rings is 1. The summed E-state index contributed by atoms with van der Waals surface area (Å²) in [5.41, 5.74) is 2.65. The maximum Gasteiger partial charge on any atom is 0.142 e. The van der Waals surface area contributed by atoms with Crippen molar-refractivity contribution in [3.8, 4) is 0 Å². The Bertz CT molecular complexity index is 394. The summed E-state index contributed by atoms with van der Waals surface area (Å²) >= 11 is 3.46. The molecule has 2 nitrogen and oxygen atoms in total. The van der Waals surface area contributed by atoms with E-state index in [1.165, 1.54) is 24.1 Å². The van der Waals surface area contributed by atoms with Crippen molar-refractivity contribution < 1.29 is 4.79 Å². The highest BCUT2D eigenvalue weighted by molar-refractivity contribution is 9.09. The molecule has 1 heterocycles. The van der Waals surface area contributed by atoms with E-state index in [0.29, 0.717) is 0 Å². The number of rotatable bonds is 6. The fraction of sp³-hybridized carbons (Fsp3) is 0.533. The van der Waals surface area contributed by atoms with E-state index < -0.39 is 0 Å². The Kier molecular flexibility index (Phi) is 5.24. The van der Waals surface area contributed by atoms with Gasteiger partial charge in [-0.05, 0) is 37.3 Å². The minimum Gasteiger partial charge on any atom is -0.362 e. The molecule has 0 N–H and O–H groups in total. The minimum atomic E-state index is 0.0730. The molecule has 1 aromatic carbocycles. The molecule has 0 amide bonds. The number of carbonyl (C=O) groups is 1. The van der Waals surface area contributed by atoms with Crippen LogP contribution in [0.1, 0.15) is 31.2 Å². The van der Waals surface area contributed by atoms with Crippen LogP contribution in [0.3, 0.4) is 0 Å². The number of halogens is 1. The first kappa shape index (κ1) is 13.6. The highest BCUT2D eigenvalue weighted by atomic mass is 79.9. The highest BCUT2D eigenvalue weighted by Gasteiger charge is 2.24. The number of anilines is 1. The third kappa shape index (κ3) is 3.14. The molecule has 1 atom stereocenters. The topological polar surface area (TPSA) is 20.3 Å². The first-order chi connectivity index (χ1) is 8.86. The number of unbranched alkanes of at least 4 members (excludes halogenated alkanes) is 2. The Morgan fingerprint density at radius 3 is 2.89 bits per heavy atom. The van der Waals surface area contributed by atoms with Crippen molar-refractivity contribution in [2.24, 2.45) is 0 Å². The zero-order valence-electron chi connectivity index (χ0n) is 10.6. The monoisotopic (exact) mass is 309 g/mol. The number of para-hydroxylation sites is 1. The summed E-state index contributed by atoms with van der Waals surface area (Å²) in [4.78, 5) is 13.5. The number of hydrogen-bond donors (Lipinski definition) is 0. The largest absolute Gasteiger partial charge is 0.362 e. The molecule has 1 unspecified atom stereocenters. The quantitative estimate of drug-likeness (QED) is 0.455. The molecule has 98 valence electrons. The fourth-order valence-electron chi connectivity index (χ4n) is 2.62. The molecule has 1 aliphatic heterocycles. The third-order valence-electron chi connectivity index (χ3n) is 3.60. The van der Waals surface area contributed by atoms with Gasteiger partial charge in [0.25, 0.3) is 0 Å². The van der Waals surface area contributed by atoms with Crippen LogP contribution >= 0.6 is 15.9 Å². The smallest absolute Gasteiger partial charge is 0.142 e. The van der Waals surface area contributed by atoms with Gasteiger partial charge in [0.2, 0.25) is 0 Å². The number of hydrogen-bond acceptors (Lipinski definition) is 2. The molecule has 0 fully saturated rings. The molecule has 18 heavy (non-hydrogen) atoms. The van der Waals surface area contributed by atoms with Crippen molar-refractivity contribution in [3.05, 3.63) is 29.8 Å². The minimum absolute atomic E-state index is 0.0730. The Labute approximate surface area is 117 Å².